The van der Waals surface area contributed by atoms with Crippen LogP contribution < -0.4 is 0 Å². The molecule has 1 N–H and O–H groups in total. The van der Waals surface area contributed by atoms with Gasteiger partial charge in [0.2, 0.25) is 0 Å². The Labute approximate surface area is 223 Å². The largest absolute Gasteiger partial charge is 0.490 e. The minimum absolute atomic E-state index is 0.148. The SMILES string of the molecule is Fc1cc(C2=CC3CCC(C2)N3Cc2ccc3ccccc3n2)ccc1-c1ccccc1.O=C(O)C(F)(F)F. The fourth-order valence-corrected chi connectivity index (χ4v) is 5.33. The highest BCUT2D eigenvalue weighted by atomic mass is 19.4. The van der Waals surface area contributed by atoms with Crippen LogP contribution in [0.1, 0.15) is 30.5 Å². The number of nitrogens with zero attached hydrogens (tertiary/aromatic N) is 2. The van der Waals surface area contributed by atoms with Gasteiger partial charge >= 0.3 is 12.1 Å². The fraction of sp³-hybridized carbons (Fsp3) is 0.226. The smallest absolute Gasteiger partial charge is 0.475 e. The van der Waals surface area contributed by atoms with Gasteiger partial charge in [0.15, 0.2) is 0 Å². The Balaban J connectivity index is 0.000000392. The Kier molecular flexibility index (Phi) is 7.48. The van der Waals surface area contributed by atoms with Gasteiger partial charge in [0.25, 0.3) is 0 Å². The lowest BCUT2D eigenvalue weighted by molar-refractivity contribution is -0.192. The number of hydrogen-bond donors (Lipinski definition) is 1. The molecule has 0 saturated carbocycles. The average Bonchev–Trinajstić information content (AvgIpc) is 3.14. The number of carbonyl (C=O) groups is 1. The number of carboxylic acids is 1. The summed E-state index contributed by atoms with van der Waals surface area (Å²) >= 11 is 0. The molecule has 6 rings (SSSR count). The van der Waals surface area contributed by atoms with E-state index in [1.807, 2.05) is 42.5 Å². The first-order chi connectivity index (χ1) is 18.7. The first-order valence-corrected chi connectivity index (χ1v) is 12.7. The molecule has 1 fully saturated rings. The summed E-state index contributed by atoms with van der Waals surface area (Å²) in [6.45, 7) is 0.866. The van der Waals surface area contributed by atoms with Crippen LogP contribution in [0.25, 0.3) is 27.6 Å². The van der Waals surface area contributed by atoms with Gasteiger partial charge in [0.1, 0.15) is 5.82 Å². The standard InChI is InChI=1S/C29H25FN2.C2HF3O2/c30-28-18-22(11-15-27(28)20-6-2-1-3-7-20)23-16-25-13-14-26(17-23)32(25)19-24-12-10-21-8-4-5-9-29(21)31-24;3-2(4,5)1(6)7/h1-12,15-16,18,25-26H,13-14,17,19H2;(H,6,7). The molecule has 200 valence electrons. The number of rotatable bonds is 4. The zero-order valence-electron chi connectivity index (χ0n) is 20.9. The molecule has 2 unspecified atom stereocenters. The van der Waals surface area contributed by atoms with Crippen LogP contribution in [0.5, 0.6) is 0 Å². The van der Waals surface area contributed by atoms with E-state index in [-0.39, 0.29) is 5.82 Å². The van der Waals surface area contributed by atoms with E-state index in [0.717, 1.165) is 41.7 Å². The van der Waals surface area contributed by atoms with Gasteiger partial charge in [-0.2, -0.15) is 13.2 Å². The molecule has 0 aliphatic carbocycles. The van der Waals surface area contributed by atoms with E-state index in [2.05, 4.69) is 47.4 Å². The zero-order chi connectivity index (χ0) is 27.6. The molecule has 1 saturated heterocycles. The minimum Gasteiger partial charge on any atom is -0.475 e. The number of para-hydroxylation sites is 1. The van der Waals surface area contributed by atoms with Crippen molar-refractivity contribution in [3.8, 4) is 11.1 Å². The van der Waals surface area contributed by atoms with E-state index in [9.17, 15) is 17.6 Å². The lowest BCUT2D eigenvalue weighted by Crippen LogP contribution is -2.37. The quantitative estimate of drug-likeness (QED) is 0.276. The molecule has 3 heterocycles. The average molecular weight is 535 g/mol. The van der Waals surface area contributed by atoms with E-state index < -0.39 is 12.1 Å². The summed E-state index contributed by atoms with van der Waals surface area (Å²) in [5.41, 5.74) is 6.05. The first kappa shape index (κ1) is 26.6. The monoisotopic (exact) mass is 534 g/mol. The topological polar surface area (TPSA) is 53.4 Å². The number of aromatic nitrogens is 1. The normalized spacial score (nSPS) is 18.8. The van der Waals surface area contributed by atoms with Crippen LogP contribution in [0.3, 0.4) is 0 Å². The van der Waals surface area contributed by atoms with Gasteiger partial charge in [-0.3, -0.25) is 9.88 Å². The first-order valence-electron chi connectivity index (χ1n) is 12.7. The second kappa shape index (κ2) is 11.0. The molecule has 3 aromatic carbocycles. The van der Waals surface area contributed by atoms with Crippen molar-refractivity contribution >= 4 is 22.4 Å². The van der Waals surface area contributed by atoms with Crippen LogP contribution in [0.4, 0.5) is 17.6 Å². The van der Waals surface area contributed by atoms with Gasteiger partial charge in [-0.15, -0.1) is 0 Å². The van der Waals surface area contributed by atoms with Crippen molar-refractivity contribution in [3.05, 3.63) is 108 Å². The Morgan fingerprint density at radius 3 is 2.33 bits per heavy atom. The summed E-state index contributed by atoms with van der Waals surface area (Å²) in [6.07, 6.45) is 0.588. The fourth-order valence-electron chi connectivity index (χ4n) is 5.33. The summed E-state index contributed by atoms with van der Waals surface area (Å²) < 4.78 is 46.7. The van der Waals surface area contributed by atoms with Crippen molar-refractivity contribution in [2.75, 3.05) is 0 Å². The third-order valence-corrected chi connectivity index (χ3v) is 7.21. The van der Waals surface area contributed by atoms with Crippen LogP contribution in [0, 0.1) is 5.82 Å². The molecule has 0 spiro atoms. The highest BCUT2D eigenvalue weighted by Crippen LogP contribution is 2.40. The molecule has 4 nitrogen and oxygen atoms in total. The van der Waals surface area contributed by atoms with Crippen molar-refractivity contribution in [2.45, 2.75) is 44.1 Å². The van der Waals surface area contributed by atoms with Crippen LogP contribution >= 0.6 is 0 Å². The molecule has 0 amide bonds. The molecule has 2 atom stereocenters. The molecule has 2 bridgehead atoms. The van der Waals surface area contributed by atoms with Crippen LogP contribution in [0.2, 0.25) is 0 Å². The summed E-state index contributed by atoms with van der Waals surface area (Å²) in [7, 11) is 0. The maximum atomic E-state index is 14.9. The predicted molar refractivity (Wildman–Crippen MR) is 142 cm³/mol. The Morgan fingerprint density at radius 1 is 0.923 bits per heavy atom. The van der Waals surface area contributed by atoms with Gasteiger partial charge in [0, 0.05) is 29.6 Å². The number of alkyl halides is 3. The number of carboxylic acid groups (broad SMARTS) is 1. The van der Waals surface area contributed by atoms with E-state index in [4.69, 9.17) is 14.9 Å². The van der Waals surface area contributed by atoms with Crippen LogP contribution in [-0.4, -0.2) is 39.2 Å². The van der Waals surface area contributed by atoms with E-state index >= 15 is 0 Å². The lowest BCUT2D eigenvalue weighted by atomic mass is 9.93. The highest BCUT2D eigenvalue weighted by Gasteiger charge is 2.38. The van der Waals surface area contributed by atoms with E-state index in [1.165, 1.54) is 17.4 Å². The van der Waals surface area contributed by atoms with Gasteiger partial charge in [0.05, 0.1) is 11.2 Å². The number of pyridine rings is 1. The van der Waals surface area contributed by atoms with Crippen molar-refractivity contribution in [3.63, 3.8) is 0 Å². The Hall–Kier alpha value is -4.04. The van der Waals surface area contributed by atoms with Gasteiger partial charge in [-0.05, 0) is 54.2 Å². The number of benzene rings is 3. The number of aliphatic carboxylic acids is 1. The predicted octanol–water partition coefficient (Wildman–Crippen LogP) is 7.49. The van der Waals surface area contributed by atoms with E-state index in [1.54, 1.807) is 6.07 Å². The highest BCUT2D eigenvalue weighted by molar-refractivity contribution is 5.78. The van der Waals surface area contributed by atoms with E-state index in [0.29, 0.717) is 17.6 Å². The molecule has 1 aromatic heterocycles. The minimum atomic E-state index is -5.08. The van der Waals surface area contributed by atoms with Crippen molar-refractivity contribution < 1.29 is 27.5 Å². The summed E-state index contributed by atoms with van der Waals surface area (Å²) in [5.74, 6) is -2.91. The molecule has 39 heavy (non-hydrogen) atoms. The van der Waals surface area contributed by atoms with Crippen molar-refractivity contribution in [2.24, 2.45) is 0 Å². The number of hydrogen-bond acceptors (Lipinski definition) is 3. The third-order valence-electron chi connectivity index (χ3n) is 7.21. The molecule has 2 aliphatic heterocycles. The van der Waals surface area contributed by atoms with Gasteiger partial charge in [-0.1, -0.05) is 72.8 Å². The number of fused-ring (bicyclic) bond motifs is 3. The molecule has 8 heteroatoms. The second-order valence-corrected chi connectivity index (χ2v) is 9.73. The summed E-state index contributed by atoms with van der Waals surface area (Å²) in [6, 6.07) is 29.0. The maximum absolute atomic E-state index is 14.9. The molecular weight excluding hydrogens is 508 g/mol. The zero-order valence-corrected chi connectivity index (χ0v) is 20.9. The third kappa shape index (κ3) is 6.01. The summed E-state index contributed by atoms with van der Waals surface area (Å²) in [4.78, 5) is 16.4. The molecule has 2 aliphatic rings. The van der Waals surface area contributed by atoms with Crippen molar-refractivity contribution in [1.82, 2.24) is 9.88 Å². The van der Waals surface area contributed by atoms with Gasteiger partial charge in [-0.25, -0.2) is 9.18 Å². The maximum Gasteiger partial charge on any atom is 0.490 e. The van der Waals surface area contributed by atoms with Gasteiger partial charge < -0.3 is 5.11 Å². The lowest BCUT2D eigenvalue weighted by Gasteiger charge is -2.34. The van der Waals surface area contributed by atoms with Crippen molar-refractivity contribution in [1.29, 1.82) is 0 Å². The molecule has 4 aromatic rings. The Bertz CT molecular complexity index is 1520. The van der Waals surface area contributed by atoms with Crippen LogP contribution in [-0.2, 0) is 11.3 Å². The molecular formula is C31H26F4N2O2. The molecule has 0 radical (unpaired) electrons. The second-order valence-electron chi connectivity index (χ2n) is 9.73. The van der Waals surface area contributed by atoms with Crippen LogP contribution in [0.15, 0.2) is 91.0 Å². The Morgan fingerprint density at radius 2 is 1.64 bits per heavy atom. The summed E-state index contributed by atoms with van der Waals surface area (Å²) in [5, 5.41) is 8.31. The number of halogens is 4.